The highest BCUT2D eigenvalue weighted by atomic mass is 16.5. The average Bonchev–Trinajstić information content (AvgIpc) is 2.96. The molecule has 1 fully saturated rings. The van der Waals surface area contributed by atoms with Crippen molar-refractivity contribution in [3.05, 3.63) is 18.7 Å². The molecule has 5 nitrogen and oxygen atoms in total. The lowest BCUT2D eigenvalue weighted by molar-refractivity contribution is 0.169. The molecule has 0 aromatic carbocycles. The maximum absolute atomic E-state index is 5.04. The van der Waals surface area contributed by atoms with Crippen LogP contribution in [0.4, 0.5) is 0 Å². The van der Waals surface area contributed by atoms with E-state index in [1.54, 1.807) is 7.11 Å². The Labute approximate surface area is 116 Å². The van der Waals surface area contributed by atoms with Gasteiger partial charge < -0.3 is 19.5 Å². The van der Waals surface area contributed by atoms with E-state index in [0.717, 1.165) is 38.7 Å². The molecule has 0 atom stereocenters. The molecule has 0 saturated carbocycles. The number of piperidine rings is 1. The van der Waals surface area contributed by atoms with E-state index in [1.165, 1.54) is 25.9 Å². The van der Waals surface area contributed by atoms with Crippen molar-refractivity contribution in [2.75, 3.05) is 46.4 Å². The summed E-state index contributed by atoms with van der Waals surface area (Å²) in [6, 6.07) is 0. The minimum Gasteiger partial charge on any atom is -0.383 e. The lowest BCUT2D eigenvalue weighted by atomic mass is 9.97. The predicted molar refractivity (Wildman–Crippen MR) is 76.1 cm³/mol. The summed E-state index contributed by atoms with van der Waals surface area (Å²) < 4.78 is 7.19. The maximum Gasteiger partial charge on any atom is 0.0946 e. The van der Waals surface area contributed by atoms with E-state index in [-0.39, 0.29) is 0 Å². The van der Waals surface area contributed by atoms with Gasteiger partial charge in [-0.25, -0.2) is 4.98 Å². The van der Waals surface area contributed by atoms with Crippen LogP contribution < -0.4 is 5.32 Å². The van der Waals surface area contributed by atoms with Gasteiger partial charge in [0.25, 0.3) is 0 Å². The number of nitrogens with one attached hydrogen (secondary N) is 1. The van der Waals surface area contributed by atoms with Crippen molar-refractivity contribution in [3.63, 3.8) is 0 Å². The first-order valence-corrected chi connectivity index (χ1v) is 7.26. The monoisotopic (exact) mass is 266 g/mol. The van der Waals surface area contributed by atoms with Gasteiger partial charge in [-0.05, 0) is 38.4 Å². The van der Waals surface area contributed by atoms with Gasteiger partial charge in [0, 0.05) is 39.1 Å². The van der Waals surface area contributed by atoms with E-state index < -0.39 is 0 Å². The van der Waals surface area contributed by atoms with Crippen LogP contribution >= 0.6 is 0 Å². The molecule has 19 heavy (non-hydrogen) atoms. The summed E-state index contributed by atoms with van der Waals surface area (Å²) in [5.41, 5.74) is 0. The zero-order valence-corrected chi connectivity index (χ0v) is 11.9. The second-order valence-electron chi connectivity index (χ2n) is 5.28. The van der Waals surface area contributed by atoms with E-state index in [9.17, 15) is 0 Å². The summed E-state index contributed by atoms with van der Waals surface area (Å²) in [5.74, 6) is 0.835. The minimum absolute atomic E-state index is 0.809. The molecule has 1 aromatic heterocycles. The van der Waals surface area contributed by atoms with E-state index in [1.807, 2.05) is 18.7 Å². The number of hydrogen-bond donors (Lipinski definition) is 1. The van der Waals surface area contributed by atoms with Gasteiger partial charge in [-0.1, -0.05) is 0 Å². The molecule has 1 aromatic rings. The fourth-order valence-electron chi connectivity index (χ4n) is 2.57. The van der Waals surface area contributed by atoms with Crippen LogP contribution in [0.3, 0.4) is 0 Å². The van der Waals surface area contributed by atoms with Crippen LogP contribution in [-0.4, -0.2) is 60.9 Å². The molecule has 1 N–H and O–H groups in total. The zero-order valence-electron chi connectivity index (χ0n) is 11.9. The zero-order chi connectivity index (χ0) is 13.3. The molecule has 0 bridgehead atoms. The topological polar surface area (TPSA) is 42.3 Å². The summed E-state index contributed by atoms with van der Waals surface area (Å²) in [6.45, 7) is 7.56. The van der Waals surface area contributed by atoms with Crippen LogP contribution in [0.15, 0.2) is 18.7 Å². The van der Waals surface area contributed by atoms with Gasteiger partial charge in [0.05, 0.1) is 12.9 Å². The van der Waals surface area contributed by atoms with Gasteiger partial charge >= 0.3 is 0 Å². The number of rotatable bonds is 8. The van der Waals surface area contributed by atoms with Crippen molar-refractivity contribution in [2.45, 2.75) is 19.4 Å². The lowest BCUT2D eigenvalue weighted by Gasteiger charge is -2.32. The molecule has 0 amide bonds. The van der Waals surface area contributed by atoms with Crippen LogP contribution in [0.25, 0.3) is 0 Å². The number of aromatic nitrogens is 2. The van der Waals surface area contributed by atoms with Crippen LogP contribution in [0, 0.1) is 5.92 Å². The number of nitrogens with zero attached hydrogens (tertiary/aromatic N) is 3. The van der Waals surface area contributed by atoms with Crippen molar-refractivity contribution in [1.82, 2.24) is 19.8 Å². The van der Waals surface area contributed by atoms with Crippen molar-refractivity contribution >= 4 is 0 Å². The first-order valence-electron chi connectivity index (χ1n) is 7.26. The Morgan fingerprint density at radius 1 is 1.32 bits per heavy atom. The van der Waals surface area contributed by atoms with Gasteiger partial charge in [0.1, 0.15) is 0 Å². The summed E-state index contributed by atoms with van der Waals surface area (Å²) in [5, 5.41) is 3.47. The second kappa shape index (κ2) is 8.30. The molecule has 1 aliphatic rings. The molecular weight excluding hydrogens is 240 g/mol. The summed E-state index contributed by atoms with van der Waals surface area (Å²) in [7, 11) is 1.75. The Kier molecular flexibility index (Phi) is 6.33. The minimum atomic E-state index is 0.809. The van der Waals surface area contributed by atoms with Gasteiger partial charge in [0.15, 0.2) is 0 Å². The quantitative estimate of drug-likeness (QED) is 0.708. The highest BCUT2D eigenvalue weighted by Crippen LogP contribution is 2.16. The smallest absolute Gasteiger partial charge is 0.0946 e. The van der Waals surface area contributed by atoms with Crippen LogP contribution in [0.5, 0.6) is 0 Å². The standard InChI is InChI=1S/C14H26N4O/c1-19-11-5-15-12-14-2-6-17(7-3-14)9-10-18-8-4-16-13-18/h4,8,13-15H,2-3,5-7,9-12H2,1H3. The number of methoxy groups -OCH3 is 1. The Hall–Kier alpha value is -0.910. The van der Waals surface area contributed by atoms with Gasteiger partial charge in [-0.3, -0.25) is 0 Å². The number of imidazole rings is 1. The Balaban J connectivity index is 1.55. The summed E-state index contributed by atoms with van der Waals surface area (Å²) in [6.07, 6.45) is 8.39. The van der Waals surface area contributed by atoms with E-state index in [2.05, 4.69) is 19.8 Å². The number of hydrogen-bond acceptors (Lipinski definition) is 4. The van der Waals surface area contributed by atoms with E-state index in [0.29, 0.717) is 0 Å². The third kappa shape index (κ3) is 5.30. The lowest BCUT2D eigenvalue weighted by Crippen LogP contribution is -2.39. The van der Waals surface area contributed by atoms with Gasteiger partial charge in [-0.2, -0.15) is 0 Å². The van der Waals surface area contributed by atoms with Crippen molar-refractivity contribution in [2.24, 2.45) is 5.92 Å². The van der Waals surface area contributed by atoms with Crippen LogP contribution in [0.1, 0.15) is 12.8 Å². The third-order valence-electron chi connectivity index (χ3n) is 3.86. The molecule has 0 spiro atoms. The summed E-state index contributed by atoms with van der Waals surface area (Å²) >= 11 is 0. The fraction of sp³-hybridized carbons (Fsp3) is 0.786. The van der Waals surface area contributed by atoms with Crippen LogP contribution in [-0.2, 0) is 11.3 Å². The largest absolute Gasteiger partial charge is 0.383 e. The molecule has 108 valence electrons. The first-order chi connectivity index (χ1) is 9.38. The predicted octanol–water partition coefficient (Wildman–Crippen LogP) is 0.831. The summed E-state index contributed by atoms with van der Waals surface area (Å²) in [4.78, 5) is 6.63. The average molecular weight is 266 g/mol. The molecule has 0 radical (unpaired) electrons. The molecule has 5 heteroatoms. The van der Waals surface area contributed by atoms with Crippen molar-refractivity contribution in [3.8, 4) is 0 Å². The van der Waals surface area contributed by atoms with Crippen molar-refractivity contribution in [1.29, 1.82) is 0 Å². The Bertz CT molecular complexity index is 320. The third-order valence-corrected chi connectivity index (χ3v) is 3.86. The molecule has 1 aliphatic heterocycles. The van der Waals surface area contributed by atoms with Crippen molar-refractivity contribution < 1.29 is 4.74 Å². The maximum atomic E-state index is 5.04. The molecule has 2 heterocycles. The van der Waals surface area contributed by atoms with Gasteiger partial charge in [-0.15, -0.1) is 0 Å². The Morgan fingerprint density at radius 3 is 2.84 bits per heavy atom. The highest BCUT2D eigenvalue weighted by Gasteiger charge is 2.18. The van der Waals surface area contributed by atoms with E-state index in [4.69, 9.17) is 4.74 Å². The normalized spacial score (nSPS) is 17.9. The molecule has 2 rings (SSSR count). The Morgan fingerprint density at radius 2 is 2.16 bits per heavy atom. The molecular formula is C14H26N4O. The number of ether oxygens (including phenoxy) is 1. The highest BCUT2D eigenvalue weighted by molar-refractivity contribution is 4.77. The van der Waals surface area contributed by atoms with Crippen LogP contribution in [0.2, 0.25) is 0 Å². The molecule has 1 saturated heterocycles. The second-order valence-corrected chi connectivity index (χ2v) is 5.28. The fourth-order valence-corrected chi connectivity index (χ4v) is 2.57. The first kappa shape index (κ1) is 14.5. The SMILES string of the molecule is COCCNCC1CCN(CCn2ccnc2)CC1. The van der Waals surface area contributed by atoms with E-state index >= 15 is 0 Å². The number of likely N-dealkylation sites (tertiary alicyclic amines) is 1. The van der Waals surface area contributed by atoms with Gasteiger partial charge in [0.2, 0.25) is 0 Å². The molecule has 0 aliphatic carbocycles. The molecule has 0 unspecified atom stereocenters.